The molecule has 41 heavy (non-hydrogen) atoms. The number of benzene rings is 2. The second-order valence-electron chi connectivity index (χ2n) is 11.1. The van der Waals surface area contributed by atoms with Crippen LogP contribution in [0.4, 0.5) is 8.78 Å². The summed E-state index contributed by atoms with van der Waals surface area (Å²) < 4.78 is 32.7. The first kappa shape index (κ1) is 27.7. The largest absolute Gasteiger partial charge is 0.334 e. The quantitative estimate of drug-likeness (QED) is 0.297. The maximum atomic E-state index is 14.4. The molecule has 1 saturated heterocycles. The number of hydrogen-bond acceptors (Lipinski definition) is 5. The first-order chi connectivity index (χ1) is 19.7. The highest BCUT2D eigenvalue weighted by molar-refractivity contribution is 9.10. The smallest absolute Gasteiger partial charge is 0.274 e. The second kappa shape index (κ2) is 11.1. The molecule has 11 heteroatoms. The molecule has 2 aliphatic rings. The molecule has 0 spiro atoms. The summed E-state index contributed by atoms with van der Waals surface area (Å²) in [7, 11) is 0. The van der Waals surface area contributed by atoms with Crippen molar-refractivity contribution in [1.29, 1.82) is 0 Å². The monoisotopic (exact) mass is 623 g/mol. The van der Waals surface area contributed by atoms with Gasteiger partial charge in [0.25, 0.3) is 5.91 Å². The molecular weight excluding hydrogens is 592 g/mol. The topological polar surface area (TPSA) is 72.1 Å². The Morgan fingerprint density at radius 2 is 1.80 bits per heavy atom. The summed E-state index contributed by atoms with van der Waals surface area (Å²) in [5.74, 6) is -0.749. The molecular formula is C30H32BrF2N7O. The molecule has 0 N–H and O–H groups in total. The SMILES string of the molecule is Cc1ccc(-n2nc(C(=O)N3C[C@@H](C)N(Cc4cn(-c5c(F)cccc5Br)nn4)[C@@H](C)C3)c3c2CCCC3)cc1F. The molecule has 2 aromatic heterocycles. The number of aromatic nitrogens is 5. The van der Waals surface area contributed by atoms with Crippen LogP contribution in [0.5, 0.6) is 0 Å². The van der Waals surface area contributed by atoms with Gasteiger partial charge in [0, 0.05) is 47.4 Å². The fraction of sp³-hybridized carbons (Fsp3) is 0.400. The number of amides is 1. The molecule has 0 radical (unpaired) electrons. The van der Waals surface area contributed by atoms with Crippen molar-refractivity contribution in [2.45, 2.75) is 65.1 Å². The third kappa shape index (κ3) is 5.21. The summed E-state index contributed by atoms with van der Waals surface area (Å²) in [6.07, 6.45) is 5.38. The average molecular weight is 625 g/mol. The molecule has 0 saturated carbocycles. The van der Waals surface area contributed by atoms with Gasteiger partial charge in [-0.05, 0) is 92.2 Å². The summed E-state index contributed by atoms with van der Waals surface area (Å²) in [5, 5.41) is 13.2. The summed E-state index contributed by atoms with van der Waals surface area (Å²) >= 11 is 3.39. The van der Waals surface area contributed by atoms with Gasteiger partial charge in [0.1, 0.15) is 17.3 Å². The van der Waals surface area contributed by atoms with E-state index in [1.165, 1.54) is 16.8 Å². The third-order valence-electron chi connectivity index (χ3n) is 8.22. The zero-order valence-corrected chi connectivity index (χ0v) is 24.9. The third-order valence-corrected chi connectivity index (χ3v) is 8.86. The Morgan fingerprint density at radius 1 is 1.05 bits per heavy atom. The van der Waals surface area contributed by atoms with E-state index in [0.717, 1.165) is 42.6 Å². The van der Waals surface area contributed by atoms with Crippen LogP contribution in [0.2, 0.25) is 0 Å². The van der Waals surface area contributed by atoms with Gasteiger partial charge < -0.3 is 4.90 Å². The summed E-state index contributed by atoms with van der Waals surface area (Å²) in [6, 6.07) is 10.00. The van der Waals surface area contributed by atoms with Crippen molar-refractivity contribution in [2.75, 3.05) is 13.1 Å². The van der Waals surface area contributed by atoms with Crippen LogP contribution in [0, 0.1) is 18.6 Å². The van der Waals surface area contributed by atoms with Gasteiger partial charge in [-0.3, -0.25) is 9.69 Å². The minimum Gasteiger partial charge on any atom is -0.334 e. The lowest BCUT2D eigenvalue weighted by Crippen LogP contribution is -2.57. The van der Waals surface area contributed by atoms with Crippen LogP contribution in [-0.2, 0) is 19.4 Å². The first-order valence-electron chi connectivity index (χ1n) is 14.0. The molecule has 1 amide bonds. The highest BCUT2D eigenvalue weighted by atomic mass is 79.9. The lowest BCUT2D eigenvalue weighted by Gasteiger charge is -2.44. The van der Waals surface area contributed by atoms with Crippen LogP contribution in [-0.4, -0.2) is 65.7 Å². The summed E-state index contributed by atoms with van der Waals surface area (Å²) in [4.78, 5) is 18.1. The Labute approximate surface area is 246 Å². The van der Waals surface area contributed by atoms with Crippen LogP contribution in [0.3, 0.4) is 0 Å². The molecule has 3 heterocycles. The van der Waals surface area contributed by atoms with Crippen LogP contribution < -0.4 is 0 Å². The fourth-order valence-corrected chi connectivity index (χ4v) is 6.58. The fourth-order valence-electron chi connectivity index (χ4n) is 6.06. The van der Waals surface area contributed by atoms with Crippen molar-refractivity contribution < 1.29 is 13.6 Å². The van der Waals surface area contributed by atoms with Gasteiger partial charge in [-0.2, -0.15) is 5.10 Å². The minimum absolute atomic E-state index is 0.0529. The van der Waals surface area contributed by atoms with Gasteiger partial charge in [0.05, 0.1) is 17.6 Å². The highest BCUT2D eigenvalue weighted by Crippen LogP contribution is 2.30. The predicted octanol–water partition coefficient (Wildman–Crippen LogP) is 5.42. The van der Waals surface area contributed by atoms with Crippen LogP contribution in [0.1, 0.15) is 59.7 Å². The number of fused-ring (bicyclic) bond motifs is 1. The zero-order valence-electron chi connectivity index (χ0n) is 23.3. The van der Waals surface area contributed by atoms with Crippen molar-refractivity contribution in [3.8, 4) is 11.4 Å². The molecule has 6 rings (SSSR count). The predicted molar refractivity (Wildman–Crippen MR) is 154 cm³/mol. The standard InChI is InChI=1S/C30H32BrF2N7O/c1-18-11-12-22(13-26(18)33)40-27-10-5-4-7-23(27)28(35-40)30(41)37-14-19(2)38(20(3)15-37)16-21-17-39(36-34-21)29-24(31)8-6-9-25(29)32/h6,8-9,11-13,17,19-20H,4-5,7,10,14-16H2,1-3H3/t19-,20+. The number of halogens is 3. The van der Waals surface area contributed by atoms with E-state index in [1.54, 1.807) is 36.0 Å². The number of carbonyl (C=O) groups excluding carboxylic acids is 1. The van der Waals surface area contributed by atoms with Crippen molar-refractivity contribution in [2.24, 2.45) is 0 Å². The first-order valence-corrected chi connectivity index (χ1v) is 14.8. The van der Waals surface area contributed by atoms with E-state index >= 15 is 0 Å². The van der Waals surface area contributed by atoms with E-state index in [1.807, 2.05) is 11.0 Å². The second-order valence-corrected chi connectivity index (χ2v) is 12.0. The molecule has 1 fully saturated rings. The number of hydrogen-bond donors (Lipinski definition) is 0. The van der Waals surface area contributed by atoms with Crippen LogP contribution in [0.25, 0.3) is 11.4 Å². The van der Waals surface area contributed by atoms with E-state index in [2.05, 4.69) is 45.0 Å². The van der Waals surface area contributed by atoms with Crippen molar-refractivity contribution in [1.82, 2.24) is 34.6 Å². The van der Waals surface area contributed by atoms with Crippen molar-refractivity contribution >= 4 is 21.8 Å². The Balaban J connectivity index is 1.20. The lowest BCUT2D eigenvalue weighted by atomic mass is 9.95. The van der Waals surface area contributed by atoms with Crippen LogP contribution in [0.15, 0.2) is 47.1 Å². The molecule has 2 atom stereocenters. The summed E-state index contributed by atoms with van der Waals surface area (Å²) in [5.41, 5.74) is 4.73. The zero-order chi connectivity index (χ0) is 28.8. The van der Waals surface area contributed by atoms with E-state index in [9.17, 15) is 13.6 Å². The van der Waals surface area contributed by atoms with Gasteiger partial charge in [0.2, 0.25) is 0 Å². The number of rotatable bonds is 5. The molecule has 214 valence electrons. The molecule has 1 aliphatic carbocycles. The lowest BCUT2D eigenvalue weighted by molar-refractivity contribution is 0.0259. The molecule has 2 aromatic carbocycles. The van der Waals surface area contributed by atoms with E-state index in [-0.39, 0.29) is 29.6 Å². The Bertz CT molecular complexity index is 1580. The van der Waals surface area contributed by atoms with Crippen molar-refractivity contribution in [3.05, 3.63) is 86.9 Å². The molecule has 4 aromatic rings. The Morgan fingerprint density at radius 3 is 2.54 bits per heavy atom. The van der Waals surface area contributed by atoms with Crippen LogP contribution >= 0.6 is 15.9 Å². The number of aryl methyl sites for hydroxylation is 1. The number of nitrogens with zero attached hydrogens (tertiary/aromatic N) is 7. The molecule has 0 bridgehead atoms. The number of piperazine rings is 1. The maximum absolute atomic E-state index is 14.4. The van der Waals surface area contributed by atoms with Crippen molar-refractivity contribution in [3.63, 3.8) is 0 Å². The van der Waals surface area contributed by atoms with E-state index in [4.69, 9.17) is 5.10 Å². The Hall–Kier alpha value is -3.44. The van der Waals surface area contributed by atoms with Gasteiger partial charge in [-0.25, -0.2) is 18.1 Å². The molecule has 0 unspecified atom stereocenters. The van der Waals surface area contributed by atoms with E-state index in [0.29, 0.717) is 46.7 Å². The highest BCUT2D eigenvalue weighted by Gasteiger charge is 2.35. The molecule has 1 aliphatic heterocycles. The van der Waals surface area contributed by atoms with Gasteiger partial charge in [-0.1, -0.05) is 17.3 Å². The van der Waals surface area contributed by atoms with E-state index < -0.39 is 0 Å². The summed E-state index contributed by atoms with van der Waals surface area (Å²) in [6.45, 7) is 7.53. The Kier molecular flexibility index (Phi) is 7.50. The van der Waals surface area contributed by atoms with Gasteiger partial charge in [-0.15, -0.1) is 5.10 Å². The van der Waals surface area contributed by atoms with Gasteiger partial charge >= 0.3 is 0 Å². The van der Waals surface area contributed by atoms with Gasteiger partial charge in [0.15, 0.2) is 5.69 Å². The maximum Gasteiger partial charge on any atom is 0.274 e. The molecule has 8 nitrogen and oxygen atoms in total. The number of carbonyl (C=O) groups is 1. The minimum atomic E-state index is -0.387. The normalized spacial score (nSPS) is 19.4. The number of para-hydroxylation sites is 1. The average Bonchev–Trinajstić information content (AvgIpc) is 3.57.